The maximum atomic E-state index is 12.6. The van der Waals surface area contributed by atoms with E-state index in [9.17, 15) is 4.79 Å². The van der Waals surface area contributed by atoms with Crippen LogP contribution in [0.1, 0.15) is 33.2 Å². The van der Waals surface area contributed by atoms with Gasteiger partial charge in [0.1, 0.15) is 34.9 Å². The predicted octanol–water partition coefficient (Wildman–Crippen LogP) is 5.05. The number of hydrogen-bond acceptors (Lipinski definition) is 7. The Bertz CT molecular complexity index is 1350. The summed E-state index contributed by atoms with van der Waals surface area (Å²) >= 11 is 0. The number of hydrogen-bond donors (Lipinski definition) is 1. The fourth-order valence-electron chi connectivity index (χ4n) is 4.19. The van der Waals surface area contributed by atoms with E-state index >= 15 is 0 Å². The lowest BCUT2D eigenvalue weighted by Crippen LogP contribution is -2.35. The molecule has 2 aromatic carbocycles. The van der Waals surface area contributed by atoms with E-state index in [4.69, 9.17) is 20.3 Å². The normalized spacial score (nSPS) is 16.0. The molecule has 1 saturated heterocycles. The highest BCUT2D eigenvalue weighted by Gasteiger charge is 2.33. The summed E-state index contributed by atoms with van der Waals surface area (Å²) in [5.74, 6) is 1.85. The van der Waals surface area contributed by atoms with Gasteiger partial charge in [0, 0.05) is 18.7 Å². The molecular weight excluding hydrogens is 444 g/mol. The first-order valence-electron chi connectivity index (χ1n) is 11.6. The van der Waals surface area contributed by atoms with Gasteiger partial charge >= 0.3 is 6.09 Å². The van der Waals surface area contributed by atoms with Crippen LogP contribution in [-0.2, 0) is 4.74 Å². The molecule has 4 aromatic rings. The van der Waals surface area contributed by atoms with Crippen LogP contribution in [0.15, 0.2) is 60.9 Å². The number of aromatic nitrogens is 4. The average molecular weight is 473 g/mol. The van der Waals surface area contributed by atoms with Crippen molar-refractivity contribution in [2.24, 2.45) is 0 Å². The van der Waals surface area contributed by atoms with Gasteiger partial charge in [-0.1, -0.05) is 18.2 Å². The number of carbonyl (C=O) groups excluding carboxylic acids is 1. The highest BCUT2D eigenvalue weighted by molar-refractivity contribution is 5.98. The summed E-state index contributed by atoms with van der Waals surface area (Å²) in [7, 11) is 0. The largest absolute Gasteiger partial charge is 0.457 e. The minimum absolute atomic E-state index is 0.0474. The maximum absolute atomic E-state index is 12.6. The molecule has 3 heterocycles. The number of fused-ring (bicyclic) bond motifs is 1. The number of nitrogens with zero attached hydrogens (tertiary/aromatic N) is 5. The Labute approximate surface area is 203 Å². The summed E-state index contributed by atoms with van der Waals surface area (Å²) in [5, 5.41) is 5.59. The number of carbonyl (C=O) groups is 1. The molecule has 5 rings (SSSR count). The monoisotopic (exact) mass is 472 g/mol. The van der Waals surface area contributed by atoms with E-state index in [1.807, 2.05) is 80.1 Å². The van der Waals surface area contributed by atoms with Gasteiger partial charge in [0.15, 0.2) is 5.65 Å². The lowest BCUT2D eigenvalue weighted by Gasteiger charge is -2.24. The fraction of sp³-hybridized carbons (Fsp3) is 0.308. The van der Waals surface area contributed by atoms with Gasteiger partial charge in [-0.05, 0) is 63.6 Å². The fourth-order valence-corrected chi connectivity index (χ4v) is 4.19. The van der Waals surface area contributed by atoms with Gasteiger partial charge in [-0.3, -0.25) is 0 Å². The Morgan fingerprint density at radius 3 is 2.46 bits per heavy atom. The van der Waals surface area contributed by atoms with Crippen LogP contribution in [0.2, 0.25) is 0 Å². The van der Waals surface area contributed by atoms with Crippen LogP contribution in [0, 0.1) is 0 Å². The first kappa shape index (κ1) is 22.6. The summed E-state index contributed by atoms with van der Waals surface area (Å²) in [6.07, 6.45) is 1.86. The number of benzene rings is 2. The first-order chi connectivity index (χ1) is 16.8. The van der Waals surface area contributed by atoms with Crippen LogP contribution in [-0.4, -0.2) is 49.4 Å². The molecule has 1 fully saturated rings. The number of amides is 1. The number of likely N-dealkylation sites (tertiary alicyclic amines) is 1. The molecule has 2 aromatic heterocycles. The SMILES string of the molecule is CC(C)(C)OC(=O)N1CCC(n2nc(-c3ccc(Oc4ccccc4)cc3)c3c(N)ncnc32)C1. The van der Waals surface area contributed by atoms with Crippen molar-refractivity contribution in [3.05, 3.63) is 60.9 Å². The van der Waals surface area contributed by atoms with Crippen LogP contribution < -0.4 is 10.5 Å². The quantitative estimate of drug-likeness (QED) is 0.443. The highest BCUT2D eigenvalue weighted by atomic mass is 16.6. The van der Waals surface area contributed by atoms with E-state index in [1.54, 1.807) is 4.90 Å². The molecule has 1 amide bonds. The lowest BCUT2D eigenvalue weighted by molar-refractivity contribution is 0.0288. The van der Waals surface area contributed by atoms with E-state index in [2.05, 4.69) is 9.97 Å². The average Bonchev–Trinajstić information content (AvgIpc) is 3.45. The summed E-state index contributed by atoms with van der Waals surface area (Å²) < 4.78 is 13.3. The van der Waals surface area contributed by atoms with E-state index in [-0.39, 0.29) is 12.1 Å². The van der Waals surface area contributed by atoms with Crippen molar-refractivity contribution in [3.8, 4) is 22.8 Å². The Kier molecular flexibility index (Phi) is 5.76. The van der Waals surface area contributed by atoms with Crippen LogP contribution in [0.4, 0.5) is 10.6 Å². The molecular formula is C26H28N6O3. The standard InChI is InChI=1S/C26H28N6O3/c1-26(2,3)35-25(33)31-14-13-18(15-31)32-24-21(23(27)28-16-29-24)22(30-32)17-9-11-20(12-10-17)34-19-7-5-4-6-8-19/h4-12,16,18H,13-15H2,1-3H3,(H2,27,28,29). The van der Waals surface area contributed by atoms with Crippen molar-refractivity contribution in [3.63, 3.8) is 0 Å². The van der Waals surface area contributed by atoms with Crippen molar-refractivity contribution in [2.45, 2.75) is 38.8 Å². The van der Waals surface area contributed by atoms with Crippen LogP contribution in [0.25, 0.3) is 22.3 Å². The number of nitrogen functional groups attached to an aromatic ring is 1. The van der Waals surface area contributed by atoms with Gasteiger partial charge in [0.05, 0.1) is 11.4 Å². The van der Waals surface area contributed by atoms with Crippen molar-refractivity contribution >= 4 is 22.9 Å². The first-order valence-corrected chi connectivity index (χ1v) is 11.6. The molecule has 9 nitrogen and oxygen atoms in total. The molecule has 0 spiro atoms. The van der Waals surface area contributed by atoms with Gasteiger partial charge in [-0.15, -0.1) is 0 Å². The Balaban J connectivity index is 1.43. The number of anilines is 1. The summed E-state index contributed by atoms with van der Waals surface area (Å²) in [4.78, 5) is 23.0. The minimum atomic E-state index is -0.543. The van der Waals surface area contributed by atoms with Crippen molar-refractivity contribution in [1.29, 1.82) is 0 Å². The Hall–Kier alpha value is -4.14. The molecule has 0 saturated carbocycles. The molecule has 9 heteroatoms. The van der Waals surface area contributed by atoms with E-state index in [1.165, 1.54) is 6.33 Å². The summed E-state index contributed by atoms with van der Waals surface area (Å²) in [6, 6.07) is 17.2. The third-order valence-corrected chi connectivity index (χ3v) is 5.79. The molecule has 1 unspecified atom stereocenters. The number of para-hydroxylation sites is 1. The van der Waals surface area contributed by atoms with Crippen LogP contribution in [0.5, 0.6) is 11.5 Å². The van der Waals surface area contributed by atoms with E-state index in [0.29, 0.717) is 35.6 Å². The van der Waals surface area contributed by atoms with E-state index < -0.39 is 5.60 Å². The van der Waals surface area contributed by atoms with Crippen molar-refractivity contribution in [2.75, 3.05) is 18.8 Å². The van der Waals surface area contributed by atoms with E-state index in [0.717, 1.165) is 23.5 Å². The molecule has 180 valence electrons. The zero-order valence-corrected chi connectivity index (χ0v) is 20.0. The van der Waals surface area contributed by atoms with Crippen molar-refractivity contribution in [1.82, 2.24) is 24.6 Å². The molecule has 0 radical (unpaired) electrons. The van der Waals surface area contributed by atoms with Gasteiger partial charge in [0.2, 0.25) is 0 Å². The summed E-state index contributed by atoms with van der Waals surface area (Å²) in [5.41, 5.74) is 7.94. The predicted molar refractivity (Wildman–Crippen MR) is 133 cm³/mol. The molecule has 2 N–H and O–H groups in total. The zero-order valence-electron chi connectivity index (χ0n) is 20.0. The lowest BCUT2D eigenvalue weighted by atomic mass is 10.1. The second-order valence-corrected chi connectivity index (χ2v) is 9.56. The number of rotatable bonds is 4. The van der Waals surface area contributed by atoms with Crippen LogP contribution in [0.3, 0.4) is 0 Å². The van der Waals surface area contributed by atoms with Gasteiger partial charge < -0.3 is 20.1 Å². The van der Waals surface area contributed by atoms with Crippen molar-refractivity contribution < 1.29 is 14.3 Å². The van der Waals surface area contributed by atoms with Gasteiger partial charge in [-0.25, -0.2) is 19.4 Å². The smallest absolute Gasteiger partial charge is 0.410 e. The highest BCUT2D eigenvalue weighted by Crippen LogP contribution is 2.35. The van der Waals surface area contributed by atoms with Gasteiger partial charge in [0.25, 0.3) is 0 Å². The molecule has 35 heavy (non-hydrogen) atoms. The molecule has 1 atom stereocenters. The number of nitrogens with two attached hydrogens (primary N) is 1. The Morgan fingerprint density at radius 2 is 1.74 bits per heavy atom. The third-order valence-electron chi connectivity index (χ3n) is 5.79. The molecule has 1 aliphatic rings. The topological polar surface area (TPSA) is 108 Å². The Morgan fingerprint density at radius 1 is 1.03 bits per heavy atom. The minimum Gasteiger partial charge on any atom is -0.457 e. The number of ether oxygens (including phenoxy) is 2. The molecule has 0 aliphatic carbocycles. The van der Waals surface area contributed by atoms with Gasteiger partial charge in [-0.2, -0.15) is 5.10 Å². The third kappa shape index (κ3) is 4.75. The molecule has 0 bridgehead atoms. The maximum Gasteiger partial charge on any atom is 0.410 e. The second kappa shape index (κ2) is 8.90. The zero-order chi connectivity index (χ0) is 24.6. The van der Waals surface area contributed by atoms with Crippen LogP contribution >= 0.6 is 0 Å². The summed E-state index contributed by atoms with van der Waals surface area (Å²) in [6.45, 7) is 6.66. The second-order valence-electron chi connectivity index (χ2n) is 9.56. The molecule has 1 aliphatic heterocycles.